The molecule has 0 atom stereocenters. The molecular formula is C14H18N2O2. The molecule has 1 aromatic heterocycles. The fraction of sp³-hybridized carbons (Fsp3) is 0.357. The van der Waals surface area contributed by atoms with E-state index in [4.69, 9.17) is 9.15 Å². The Morgan fingerprint density at radius 1 is 1.39 bits per heavy atom. The molecule has 2 aromatic rings. The standard InChI is InChI=1S/C14H18N2O2/c1-4-11-7-10(5-6-13(11)17-3)8-12-9-18-14(15-2)16-12/h5-7,9H,4,8H2,1-3H3,(H,15,16). The third kappa shape index (κ3) is 2.64. The summed E-state index contributed by atoms with van der Waals surface area (Å²) in [5.74, 6) is 0.942. The Balaban J connectivity index is 2.18. The van der Waals surface area contributed by atoms with Crippen molar-refractivity contribution in [1.82, 2.24) is 4.98 Å². The van der Waals surface area contributed by atoms with Crippen LogP contribution in [-0.4, -0.2) is 19.1 Å². The highest BCUT2D eigenvalue weighted by atomic mass is 16.5. The predicted molar refractivity (Wildman–Crippen MR) is 71.2 cm³/mol. The number of hydrogen-bond acceptors (Lipinski definition) is 4. The summed E-state index contributed by atoms with van der Waals surface area (Å²) in [6, 6.07) is 6.78. The van der Waals surface area contributed by atoms with E-state index in [9.17, 15) is 0 Å². The van der Waals surface area contributed by atoms with Crippen molar-refractivity contribution >= 4 is 6.01 Å². The lowest BCUT2D eigenvalue weighted by molar-refractivity contribution is 0.410. The van der Waals surface area contributed by atoms with Gasteiger partial charge in [-0.05, 0) is 23.6 Å². The summed E-state index contributed by atoms with van der Waals surface area (Å²) in [7, 11) is 3.49. The molecule has 0 aliphatic heterocycles. The van der Waals surface area contributed by atoms with Crippen LogP contribution < -0.4 is 10.1 Å². The zero-order valence-corrected chi connectivity index (χ0v) is 11.0. The van der Waals surface area contributed by atoms with Crippen LogP contribution in [0, 0.1) is 0 Å². The van der Waals surface area contributed by atoms with Gasteiger partial charge in [-0.15, -0.1) is 0 Å². The van der Waals surface area contributed by atoms with Crippen molar-refractivity contribution in [1.29, 1.82) is 0 Å². The van der Waals surface area contributed by atoms with Gasteiger partial charge in [-0.2, -0.15) is 4.98 Å². The average Bonchev–Trinajstić information content (AvgIpc) is 2.86. The van der Waals surface area contributed by atoms with E-state index in [-0.39, 0.29) is 0 Å². The summed E-state index contributed by atoms with van der Waals surface area (Å²) in [5, 5.41) is 2.88. The molecule has 2 rings (SSSR count). The predicted octanol–water partition coefficient (Wildman–Crippen LogP) is 2.88. The van der Waals surface area contributed by atoms with Gasteiger partial charge in [0.2, 0.25) is 0 Å². The molecule has 0 bridgehead atoms. The molecule has 1 aromatic carbocycles. The number of rotatable bonds is 5. The van der Waals surface area contributed by atoms with Crippen LogP contribution in [-0.2, 0) is 12.8 Å². The average molecular weight is 246 g/mol. The fourth-order valence-corrected chi connectivity index (χ4v) is 1.93. The summed E-state index contributed by atoms with van der Waals surface area (Å²) in [6.45, 7) is 2.12. The summed E-state index contributed by atoms with van der Waals surface area (Å²) >= 11 is 0. The first kappa shape index (κ1) is 12.5. The number of ether oxygens (including phenoxy) is 1. The third-order valence-electron chi connectivity index (χ3n) is 2.88. The summed E-state index contributed by atoms with van der Waals surface area (Å²) in [4.78, 5) is 4.31. The van der Waals surface area contributed by atoms with Gasteiger partial charge in [-0.25, -0.2) is 0 Å². The summed E-state index contributed by atoms with van der Waals surface area (Å²) in [6.07, 6.45) is 3.40. The first-order valence-corrected chi connectivity index (χ1v) is 6.04. The molecule has 1 N–H and O–H groups in total. The van der Waals surface area contributed by atoms with E-state index in [1.54, 1.807) is 20.4 Å². The third-order valence-corrected chi connectivity index (χ3v) is 2.88. The maximum absolute atomic E-state index is 5.32. The van der Waals surface area contributed by atoms with Gasteiger partial charge in [0, 0.05) is 13.5 Å². The first-order chi connectivity index (χ1) is 8.76. The van der Waals surface area contributed by atoms with Gasteiger partial charge in [0.15, 0.2) is 0 Å². The first-order valence-electron chi connectivity index (χ1n) is 6.04. The Morgan fingerprint density at radius 3 is 2.83 bits per heavy atom. The molecule has 0 fully saturated rings. The van der Waals surface area contributed by atoms with Crippen LogP contribution in [0.1, 0.15) is 23.7 Å². The van der Waals surface area contributed by atoms with Crippen molar-refractivity contribution in [3.05, 3.63) is 41.3 Å². The Hall–Kier alpha value is -1.97. The monoisotopic (exact) mass is 246 g/mol. The van der Waals surface area contributed by atoms with Crippen molar-refractivity contribution in [3.63, 3.8) is 0 Å². The lowest BCUT2D eigenvalue weighted by Crippen LogP contribution is -1.95. The number of nitrogens with one attached hydrogen (secondary N) is 1. The minimum atomic E-state index is 0.550. The van der Waals surface area contributed by atoms with Crippen LogP contribution in [0.25, 0.3) is 0 Å². The van der Waals surface area contributed by atoms with E-state index >= 15 is 0 Å². The van der Waals surface area contributed by atoms with E-state index in [1.165, 1.54) is 11.1 Å². The van der Waals surface area contributed by atoms with Gasteiger partial charge >= 0.3 is 0 Å². The highest BCUT2D eigenvalue weighted by Gasteiger charge is 2.06. The maximum Gasteiger partial charge on any atom is 0.294 e. The molecule has 0 aliphatic rings. The quantitative estimate of drug-likeness (QED) is 0.881. The molecule has 0 aliphatic carbocycles. The molecule has 0 saturated carbocycles. The molecule has 0 saturated heterocycles. The van der Waals surface area contributed by atoms with Crippen molar-refractivity contribution in [3.8, 4) is 5.75 Å². The highest BCUT2D eigenvalue weighted by Crippen LogP contribution is 2.22. The molecule has 96 valence electrons. The Morgan fingerprint density at radius 2 is 2.22 bits per heavy atom. The van der Waals surface area contributed by atoms with Crippen LogP contribution >= 0.6 is 0 Å². The number of methoxy groups -OCH3 is 1. The minimum absolute atomic E-state index is 0.550. The molecule has 0 spiro atoms. The largest absolute Gasteiger partial charge is 0.496 e. The molecule has 1 heterocycles. The van der Waals surface area contributed by atoms with E-state index < -0.39 is 0 Å². The molecular weight excluding hydrogens is 228 g/mol. The van der Waals surface area contributed by atoms with E-state index in [1.807, 2.05) is 6.07 Å². The van der Waals surface area contributed by atoms with Gasteiger partial charge in [0.25, 0.3) is 6.01 Å². The maximum atomic E-state index is 5.32. The second-order valence-electron chi connectivity index (χ2n) is 4.07. The van der Waals surface area contributed by atoms with E-state index in [0.29, 0.717) is 6.01 Å². The van der Waals surface area contributed by atoms with Crippen molar-refractivity contribution < 1.29 is 9.15 Å². The van der Waals surface area contributed by atoms with Gasteiger partial charge in [0.05, 0.1) is 12.8 Å². The number of hydrogen-bond donors (Lipinski definition) is 1. The fourth-order valence-electron chi connectivity index (χ4n) is 1.93. The molecule has 0 amide bonds. The second-order valence-corrected chi connectivity index (χ2v) is 4.07. The van der Waals surface area contributed by atoms with Crippen molar-refractivity contribution in [2.75, 3.05) is 19.5 Å². The van der Waals surface area contributed by atoms with E-state index in [0.717, 1.165) is 24.3 Å². The van der Waals surface area contributed by atoms with Gasteiger partial charge < -0.3 is 14.5 Å². The summed E-state index contributed by atoms with van der Waals surface area (Å²) < 4.78 is 10.6. The summed E-state index contributed by atoms with van der Waals surface area (Å²) in [5.41, 5.74) is 3.35. The van der Waals surface area contributed by atoms with Gasteiger partial charge in [-0.1, -0.05) is 19.1 Å². The van der Waals surface area contributed by atoms with Gasteiger partial charge in [0.1, 0.15) is 12.0 Å². The highest BCUT2D eigenvalue weighted by molar-refractivity contribution is 5.38. The van der Waals surface area contributed by atoms with E-state index in [2.05, 4.69) is 29.4 Å². The lowest BCUT2D eigenvalue weighted by atomic mass is 10.0. The van der Waals surface area contributed by atoms with Gasteiger partial charge in [-0.3, -0.25) is 0 Å². The minimum Gasteiger partial charge on any atom is -0.496 e. The zero-order chi connectivity index (χ0) is 13.0. The number of anilines is 1. The van der Waals surface area contributed by atoms with Crippen molar-refractivity contribution in [2.24, 2.45) is 0 Å². The number of aromatic nitrogens is 1. The van der Waals surface area contributed by atoms with Crippen LogP contribution in [0.5, 0.6) is 5.75 Å². The molecule has 0 radical (unpaired) electrons. The van der Waals surface area contributed by atoms with Crippen molar-refractivity contribution in [2.45, 2.75) is 19.8 Å². The van der Waals surface area contributed by atoms with Crippen LogP contribution in [0.3, 0.4) is 0 Å². The smallest absolute Gasteiger partial charge is 0.294 e. The Labute approximate surface area is 107 Å². The molecule has 4 nitrogen and oxygen atoms in total. The zero-order valence-electron chi connectivity index (χ0n) is 11.0. The van der Waals surface area contributed by atoms with Crippen LogP contribution in [0.15, 0.2) is 28.9 Å². The Kier molecular flexibility index (Phi) is 3.87. The molecule has 0 unspecified atom stereocenters. The SMILES string of the molecule is CCc1cc(Cc2coc(NC)n2)ccc1OC. The number of benzene rings is 1. The van der Waals surface area contributed by atoms with Crippen LogP contribution in [0.4, 0.5) is 6.01 Å². The second kappa shape index (κ2) is 5.58. The van der Waals surface area contributed by atoms with Crippen LogP contribution in [0.2, 0.25) is 0 Å². The normalized spacial score (nSPS) is 10.4. The number of oxazole rings is 1. The molecule has 18 heavy (non-hydrogen) atoms. The number of nitrogens with zero attached hydrogens (tertiary/aromatic N) is 1. The Bertz CT molecular complexity index is 520. The molecule has 4 heteroatoms. The lowest BCUT2D eigenvalue weighted by Gasteiger charge is -2.08. The topological polar surface area (TPSA) is 47.3 Å². The number of aryl methyl sites for hydroxylation is 1.